The smallest absolute Gasteiger partial charge is 0.232 e. The molecule has 0 bridgehead atoms. The number of ether oxygens (including phenoxy) is 2. The van der Waals surface area contributed by atoms with E-state index in [1.165, 1.54) is 11.8 Å². The van der Waals surface area contributed by atoms with Gasteiger partial charge in [0.2, 0.25) is 5.91 Å². The molecule has 1 aromatic carbocycles. The number of aromatic nitrogens is 3. The molecule has 8 nitrogen and oxygen atoms in total. The Morgan fingerprint density at radius 1 is 1.21 bits per heavy atom. The zero-order chi connectivity index (χ0) is 20.8. The van der Waals surface area contributed by atoms with Crippen LogP contribution in [0.5, 0.6) is 11.5 Å². The zero-order valence-corrected chi connectivity index (χ0v) is 17.7. The second kappa shape index (κ2) is 9.51. The molecule has 0 aliphatic heterocycles. The van der Waals surface area contributed by atoms with E-state index in [0.717, 1.165) is 12.0 Å². The third-order valence-electron chi connectivity index (χ3n) is 4.51. The molecule has 154 valence electrons. The molecule has 0 saturated carbocycles. The first kappa shape index (κ1) is 20.8. The highest BCUT2D eigenvalue weighted by atomic mass is 32.2. The summed E-state index contributed by atoms with van der Waals surface area (Å²) in [6, 6.07) is 9.40. The number of hydrogen-bond donors (Lipinski definition) is 0. The van der Waals surface area contributed by atoms with E-state index in [2.05, 4.69) is 10.2 Å². The Hall–Kier alpha value is -2.94. The molecule has 0 fully saturated rings. The van der Waals surface area contributed by atoms with Gasteiger partial charge < -0.3 is 23.4 Å². The first-order chi connectivity index (χ1) is 14.0. The van der Waals surface area contributed by atoms with E-state index in [4.69, 9.17) is 13.9 Å². The van der Waals surface area contributed by atoms with Crippen molar-refractivity contribution in [2.24, 2.45) is 7.05 Å². The maximum atomic E-state index is 12.5. The fourth-order valence-corrected chi connectivity index (χ4v) is 3.61. The van der Waals surface area contributed by atoms with Crippen molar-refractivity contribution >= 4 is 17.7 Å². The summed E-state index contributed by atoms with van der Waals surface area (Å²) in [5.74, 6) is 2.96. The Balaban J connectivity index is 1.52. The lowest BCUT2D eigenvalue weighted by Gasteiger charge is -2.17. The Labute approximate surface area is 173 Å². The molecule has 0 saturated heterocycles. The van der Waals surface area contributed by atoms with Gasteiger partial charge in [0.05, 0.1) is 26.2 Å². The normalized spacial score (nSPS) is 10.8. The van der Waals surface area contributed by atoms with Crippen LogP contribution in [0, 0.1) is 0 Å². The molecule has 3 aromatic rings. The molecule has 9 heteroatoms. The first-order valence-electron chi connectivity index (χ1n) is 9.04. The Morgan fingerprint density at radius 2 is 2.00 bits per heavy atom. The number of carbonyl (C=O) groups is 1. The van der Waals surface area contributed by atoms with Gasteiger partial charge in [-0.1, -0.05) is 17.8 Å². The van der Waals surface area contributed by atoms with Crippen LogP contribution in [0.15, 0.2) is 46.2 Å². The van der Waals surface area contributed by atoms with Gasteiger partial charge in [0.15, 0.2) is 28.2 Å². The van der Waals surface area contributed by atoms with E-state index in [-0.39, 0.29) is 11.7 Å². The van der Waals surface area contributed by atoms with Crippen LogP contribution in [0.1, 0.15) is 5.56 Å². The number of rotatable bonds is 9. The van der Waals surface area contributed by atoms with E-state index >= 15 is 0 Å². The maximum Gasteiger partial charge on any atom is 0.232 e. The molecule has 0 atom stereocenters. The van der Waals surface area contributed by atoms with Crippen LogP contribution in [0.3, 0.4) is 0 Å². The largest absolute Gasteiger partial charge is 0.493 e. The monoisotopic (exact) mass is 416 g/mol. The number of hydrogen-bond acceptors (Lipinski definition) is 7. The minimum Gasteiger partial charge on any atom is -0.493 e. The maximum absolute atomic E-state index is 12.5. The number of furan rings is 1. The lowest BCUT2D eigenvalue weighted by molar-refractivity contribution is -0.127. The standard InChI is InChI=1S/C20H24N4O4S/c1-23(10-9-14-7-8-15(26-3)17(12-14)27-4)18(25)13-29-20-22-21-19(24(20)2)16-6-5-11-28-16/h5-8,11-12H,9-10,13H2,1-4H3. The van der Waals surface area contributed by atoms with Crippen molar-refractivity contribution in [2.75, 3.05) is 33.6 Å². The van der Waals surface area contributed by atoms with Gasteiger partial charge in [-0.3, -0.25) is 4.79 Å². The number of amides is 1. The molecule has 2 heterocycles. The number of likely N-dealkylation sites (N-methyl/N-ethyl adjacent to an activating group) is 1. The van der Waals surface area contributed by atoms with Crippen LogP contribution in [0.4, 0.5) is 0 Å². The highest BCUT2D eigenvalue weighted by Crippen LogP contribution is 2.28. The van der Waals surface area contributed by atoms with Crippen molar-refractivity contribution in [3.63, 3.8) is 0 Å². The summed E-state index contributed by atoms with van der Waals surface area (Å²) in [4.78, 5) is 14.2. The van der Waals surface area contributed by atoms with Gasteiger partial charge in [-0.15, -0.1) is 10.2 Å². The van der Waals surface area contributed by atoms with Gasteiger partial charge in [0.25, 0.3) is 0 Å². The van der Waals surface area contributed by atoms with Crippen molar-refractivity contribution in [2.45, 2.75) is 11.6 Å². The quantitative estimate of drug-likeness (QED) is 0.496. The number of carbonyl (C=O) groups excluding carboxylic acids is 1. The summed E-state index contributed by atoms with van der Waals surface area (Å²) in [6.45, 7) is 0.603. The van der Waals surface area contributed by atoms with Crippen molar-refractivity contribution < 1.29 is 18.7 Å². The molecule has 29 heavy (non-hydrogen) atoms. The first-order valence-corrected chi connectivity index (χ1v) is 10.0. The van der Waals surface area contributed by atoms with E-state index < -0.39 is 0 Å². The van der Waals surface area contributed by atoms with Crippen LogP contribution in [0.25, 0.3) is 11.6 Å². The summed E-state index contributed by atoms with van der Waals surface area (Å²) in [6.07, 6.45) is 2.31. The lowest BCUT2D eigenvalue weighted by Crippen LogP contribution is -2.30. The molecule has 3 rings (SSSR count). The van der Waals surface area contributed by atoms with Crippen molar-refractivity contribution in [3.8, 4) is 23.1 Å². The number of nitrogens with zero attached hydrogens (tertiary/aromatic N) is 4. The minimum absolute atomic E-state index is 0.0259. The molecule has 0 unspecified atom stereocenters. The van der Waals surface area contributed by atoms with Gasteiger partial charge in [0.1, 0.15) is 0 Å². The van der Waals surface area contributed by atoms with Crippen LogP contribution >= 0.6 is 11.8 Å². The van der Waals surface area contributed by atoms with Gasteiger partial charge in [0, 0.05) is 20.6 Å². The van der Waals surface area contributed by atoms with E-state index in [1.807, 2.05) is 35.9 Å². The summed E-state index contributed by atoms with van der Waals surface area (Å²) in [5.41, 5.74) is 1.08. The lowest BCUT2D eigenvalue weighted by atomic mass is 10.1. The third-order valence-corrected chi connectivity index (χ3v) is 5.52. The van der Waals surface area contributed by atoms with Crippen LogP contribution in [-0.4, -0.2) is 59.1 Å². The average molecular weight is 417 g/mol. The molecule has 0 aliphatic carbocycles. The van der Waals surface area contributed by atoms with E-state index in [0.29, 0.717) is 34.8 Å². The fourth-order valence-electron chi connectivity index (χ4n) is 2.76. The van der Waals surface area contributed by atoms with Crippen LogP contribution < -0.4 is 9.47 Å². The molecule has 0 N–H and O–H groups in total. The van der Waals surface area contributed by atoms with Gasteiger partial charge in [-0.05, 0) is 36.2 Å². The van der Waals surface area contributed by atoms with Crippen molar-refractivity contribution in [3.05, 3.63) is 42.2 Å². The van der Waals surface area contributed by atoms with Crippen molar-refractivity contribution in [1.82, 2.24) is 19.7 Å². The zero-order valence-electron chi connectivity index (χ0n) is 16.9. The molecule has 0 aliphatic rings. The van der Waals surface area contributed by atoms with Gasteiger partial charge >= 0.3 is 0 Å². The van der Waals surface area contributed by atoms with Crippen molar-refractivity contribution in [1.29, 1.82) is 0 Å². The van der Waals surface area contributed by atoms with Gasteiger partial charge in [-0.2, -0.15) is 0 Å². The van der Waals surface area contributed by atoms with Gasteiger partial charge in [-0.25, -0.2) is 0 Å². The summed E-state index contributed by atoms with van der Waals surface area (Å²) >= 11 is 1.35. The molecular weight excluding hydrogens is 392 g/mol. The second-order valence-electron chi connectivity index (χ2n) is 6.39. The number of methoxy groups -OCH3 is 2. The Kier molecular flexibility index (Phi) is 6.82. The van der Waals surface area contributed by atoms with E-state index in [1.54, 1.807) is 38.5 Å². The highest BCUT2D eigenvalue weighted by Gasteiger charge is 2.16. The SMILES string of the molecule is COc1ccc(CCN(C)C(=O)CSc2nnc(-c3ccco3)n2C)cc1OC. The number of benzene rings is 1. The summed E-state index contributed by atoms with van der Waals surface area (Å²) < 4.78 is 17.8. The second-order valence-corrected chi connectivity index (χ2v) is 7.33. The topological polar surface area (TPSA) is 82.6 Å². The summed E-state index contributed by atoms with van der Waals surface area (Å²) in [7, 11) is 6.87. The highest BCUT2D eigenvalue weighted by molar-refractivity contribution is 7.99. The predicted octanol–water partition coefficient (Wildman–Crippen LogP) is 2.89. The fraction of sp³-hybridized carbons (Fsp3) is 0.350. The molecule has 1 amide bonds. The number of thioether (sulfide) groups is 1. The van der Waals surface area contributed by atoms with Crippen LogP contribution in [-0.2, 0) is 18.3 Å². The Morgan fingerprint density at radius 3 is 2.69 bits per heavy atom. The van der Waals surface area contributed by atoms with E-state index in [9.17, 15) is 4.79 Å². The Bertz CT molecular complexity index is 956. The molecule has 0 radical (unpaired) electrons. The molecule has 0 spiro atoms. The molecule has 2 aromatic heterocycles. The average Bonchev–Trinajstić information content (AvgIpc) is 3.39. The third kappa shape index (κ3) is 4.92. The van der Waals surface area contributed by atoms with Crippen LogP contribution in [0.2, 0.25) is 0 Å². The predicted molar refractivity (Wildman–Crippen MR) is 110 cm³/mol. The summed E-state index contributed by atoms with van der Waals surface area (Å²) in [5, 5.41) is 8.96. The molecular formula is C20H24N4O4S. The minimum atomic E-state index is 0.0259.